The second-order valence-electron chi connectivity index (χ2n) is 1.58. The fraction of sp³-hybridized carbons (Fsp3) is 0.125. The second-order valence-corrected chi connectivity index (χ2v) is 1.99. The average Bonchev–Trinajstić information content (AvgIpc) is 2.14. The summed E-state index contributed by atoms with van der Waals surface area (Å²) in [6.07, 6.45) is -2.25. The number of halogens is 1. The van der Waals surface area contributed by atoms with Crippen molar-refractivity contribution in [1.82, 2.24) is 0 Å². The van der Waals surface area contributed by atoms with Gasteiger partial charge >= 0.3 is 0 Å². The number of hydrogen-bond donors (Lipinski definition) is 0. The molecule has 0 aliphatic rings. The molecule has 0 saturated carbocycles. The van der Waals surface area contributed by atoms with Crippen LogP contribution in [0.1, 0.15) is 11.0 Å². The molecule has 0 heterocycles. The quantitative estimate of drug-likeness (QED) is 0.611. The predicted octanol–water partition coefficient (Wildman–Crippen LogP) is 2.41. The highest BCUT2D eigenvalue weighted by Gasteiger charge is 1.89. The Labute approximate surface area is 70.5 Å². The van der Waals surface area contributed by atoms with Gasteiger partial charge in [0.1, 0.15) is 0 Å². The van der Waals surface area contributed by atoms with Crippen molar-refractivity contribution < 1.29 is 5.48 Å². The highest BCUT2D eigenvalue weighted by molar-refractivity contribution is 6.30. The molecule has 0 aromatic heterocycles. The molecule has 0 aliphatic heterocycles. The van der Waals surface area contributed by atoms with E-state index in [4.69, 9.17) is 22.3 Å². The van der Waals surface area contributed by atoms with Crippen LogP contribution in [0, 0.1) is 11.3 Å². The van der Waals surface area contributed by atoms with Crippen molar-refractivity contribution in [2.75, 3.05) is 0 Å². The molecule has 1 aromatic carbocycles. The summed E-state index contributed by atoms with van der Waals surface area (Å²) in [5, 5.41) is 8.61. The first-order valence-corrected chi connectivity index (χ1v) is 2.95. The minimum atomic E-state index is -2.25. The highest BCUT2D eigenvalue weighted by Crippen LogP contribution is 2.09. The highest BCUT2D eigenvalue weighted by atomic mass is 35.5. The Morgan fingerprint density at radius 2 is 2.50 bits per heavy atom. The Morgan fingerprint density at radius 1 is 1.70 bits per heavy atom. The molecule has 1 aromatic rings. The Morgan fingerprint density at radius 3 is 3.20 bits per heavy atom. The maximum atomic E-state index is 8.53. The lowest BCUT2D eigenvalue weighted by Gasteiger charge is -1.91. The van der Waals surface area contributed by atoms with Crippen molar-refractivity contribution in [3.8, 4) is 6.07 Å². The van der Waals surface area contributed by atoms with Crippen molar-refractivity contribution in [1.29, 1.82) is 5.26 Å². The molecule has 50 valence electrons. The summed E-state index contributed by atoms with van der Waals surface area (Å²) in [6.45, 7) is 0. The number of nitrogens with zero attached hydrogens (tertiary/aromatic N) is 1. The van der Waals surface area contributed by atoms with E-state index < -0.39 is 6.37 Å². The lowest BCUT2D eigenvalue weighted by atomic mass is 10.2. The molecule has 0 amide bonds. The number of benzene rings is 1. The lowest BCUT2D eigenvalue weighted by molar-refractivity contribution is 1.26. The molecule has 0 atom stereocenters. The number of nitriles is 1. The molecular formula is C8H6ClN. The van der Waals surface area contributed by atoms with Crippen LogP contribution in [0.3, 0.4) is 0 Å². The van der Waals surface area contributed by atoms with E-state index in [1.165, 1.54) is 18.2 Å². The largest absolute Gasteiger partial charge is 0.198 e. The molecule has 10 heavy (non-hydrogen) atoms. The van der Waals surface area contributed by atoms with E-state index in [9.17, 15) is 0 Å². The van der Waals surface area contributed by atoms with Crippen molar-refractivity contribution in [2.24, 2.45) is 0 Å². The first kappa shape index (κ1) is 3.41. The van der Waals surface area contributed by atoms with Crippen LogP contribution >= 0.6 is 11.6 Å². The van der Waals surface area contributed by atoms with Gasteiger partial charge in [0.25, 0.3) is 0 Å². The maximum Gasteiger partial charge on any atom is 0.0669 e. The van der Waals surface area contributed by atoms with Crippen LogP contribution in [-0.2, 0) is 6.37 Å². The van der Waals surface area contributed by atoms with Gasteiger partial charge in [0.2, 0.25) is 0 Å². The average molecular weight is 156 g/mol. The fourth-order valence-corrected chi connectivity index (χ4v) is 0.610. The number of rotatable bonds is 1. The number of hydrogen-bond acceptors (Lipinski definition) is 1. The molecule has 0 radical (unpaired) electrons. The van der Waals surface area contributed by atoms with Gasteiger partial charge < -0.3 is 0 Å². The fourth-order valence-electron chi connectivity index (χ4n) is 0.500. The molecule has 0 N–H and O–H groups in total. The zero-order valence-electron chi connectivity index (χ0n) is 8.98. The van der Waals surface area contributed by atoms with E-state index in [1.54, 1.807) is 0 Å². The smallest absolute Gasteiger partial charge is 0.0669 e. The van der Waals surface area contributed by atoms with Crippen LogP contribution in [0.2, 0.25) is 5.02 Å². The van der Waals surface area contributed by atoms with E-state index in [2.05, 4.69) is 0 Å². The first-order valence-electron chi connectivity index (χ1n) is 4.57. The molecule has 0 bridgehead atoms. The first-order chi connectivity index (χ1) is 6.40. The van der Waals surface area contributed by atoms with Gasteiger partial charge in [0, 0.05) is 7.76 Å². The van der Waals surface area contributed by atoms with E-state index in [0.29, 0.717) is 0 Å². The molecule has 1 nitrogen and oxygen atoms in total. The standard InChI is InChI=1S/C8H6ClN/c9-8-3-1-7(2-4-8)5-6-10/h1-4H,5H2/i1D,3D,5D2. The minimum absolute atomic E-state index is 0.0764. The van der Waals surface area contributed by atoms with Gasteiger partial charge in [-0.25, -0.2) is 0 Å². The van der Waals surface area contributed by atoms with Crippen LogP contribution in [-0.4, -0.2) is 0 Å². The van der Waals surface area contributed by atoms with Gasteiger partial charge in [-0.05, 0) is 17.7 Å². The summed E-state index contributed by atoms with van der Waals surface area (Å²) in [6, 6.07) is 3.40. The van der Waals surface area contributed by atoms with E-state index >= 15 is 0 Å². The van der Waals surface area contributed by atoms with Gasteiger partial charge in [-0.15, -0.1) is 0 Å². The van der Waals surface area contributed by atoms with E-state index in [0.717, 1.165) is 0 Å². The summed E-state index contributed by atoms with van der Waals surface area (Å²) in [5.74, 6) is 0. The summed E-state index contributed by atoms with van der Waals surface area (Å²) in [4.78, 5) is 0. The van der Waals surface area contributed by atoms with E-state index in [1.807, 2.05) is 0 Å². The van der Waals surface area contributed by atoms with Crippen LogP contribution in [0.25, 0.3) is 0 Å². The summed E-state index contributed by atoms with van der Waals surface area (Å²) >= 11 is 5.57. The Kier molecular flexibility index (Phi) is 1.10. The second kappa shape index (κ2) is 3.24. The zero-order chi connectivity index (χ0) is 10.9. The van der Waals surface area contributed by atoms with Gasteiger partial charge in [-0.1, -0.05) is 23.7 Å². The summed E-state index contributed by atoms with van der Waals surface area (Å²) in [7, 11) is 0. The Balaban J connectivity index is 3.41. The van der Waals surface area contributed by atoms with Crippen molar-refractivity contribution in [3.05, 3.63) is 34.8 Å². The van der Waals surface area contributed by atoms with Gasteiger partial charge in [-0.3, -0.25) is 0 Å². The lowest BCUT2D eigenvalue weighted by Crippen LogP contribution is -1.78. The minimum Gasteiger partial charge on any atom is -0.198 e. The van der Waals surface area contributed by atoms with Gasteiger partial charge in [0.05, 0.1) is 15.2 Å². The van der Waals surface area contributed by atoms with Crippen LogP contribution < -0.4 is 0 Å². The third-order valence-corrected chi connectivity index (χ3v) is 1.12. The van der Waals surface area contributed by atoms with Crippen molar-refractivity contribution >= 4 is 11.6 Å². The topological polar surface area (TPSA) is 23.8 Å². The van der Waals surface area contributed by atoms with Crippen LogP contribution in [0.4, 0.5) is 0 Å². The molecule has 0 aliphatic carbocycles. The molecule has 0 unspecified atom stereocenters. The third-order valence-electron chi connectivity index (χ3n) is 0.903. The SMILES string of the molecule is [2H]c1c(Cl)ccc(C([2H])([2H])C#N)c1[2H]. The predicted molar refractivity (Wildman–Crippen MR) is 40.8 cm³/mol. The summed E-state index contributed by atoms with van der Waals surface area (Å²) < 4.78 is 29.3. The van der Waals surface area contributed by atoms with Crippen molar-refractivity contribution in [2.45, 2.75) is 6.37 Å². The maximum absolute atomic E-state index is 8.53. The van der Waals surface area contributed by atoms with Gasteiger partial charge in [0.15, 0.2) is 0 Å². The molecule has 0 saturated heterocycles. The van der Waals surface area contributed by atoms with Crippen LogP contribution in [0.5, 0.6) is 0 Å². The normalized spacial score (nSPS) is 16.0. The van der Waals surface area contributed by atoms with Crippen LogP contribution in [0.15, 0.2) is 24.2 Å². The van der Waals surface area contributed by atoms with E-state index in [-0.39, 0.29) is 22.7 Å². The molecule has 1 rings (SSSR count). The monoisotopic (exact) mass is 155 g/mol. The zero-order valence-corrected chi connectivity index (χ0v) is 5.74. The Bertz CT molecular complexity index is 411. The molecular weight excluding hydrogens is 146 g/mol. The third kappa shape index (κ3) is 1.75. The molecule has 2 heteroatoms. The molecule has 0 spiro atoms. The van der Waals surface area contributed by atoms with Crippen molar-refractivity contribution in [3.63, 3.8) is 0 Å². The Hall–Kier alpha value is -1.00. The van der Waals surface area contributed by atoms with Gasteiger partial charge in [-0.2, -0.15) is 5.26 Å². The molecule has 0 fully saturated rings. The summed E-state index contributed by atoms with van der Waals surface area (Å²) in [5.41, 5.74) is -0.130.